The number of methoxy groups -OCH3 is 1. The number of likely N-dealkylation sites (N-methyl/N-ethyl adjacent to an activating group) is 1. The number of carbonyl (C=O) groups excluding carboxylic acids is 4. The van der Waals surface area contributed by atoms with Crippen LogP contribution >= 0.6 is 11.6 Å². The number of alkyl carbamates (subject to hydrolysis) is 1. The molecule has 0 aliphatic carbocycles. The maximum Gasteiger partial charge on any atom is 0.409 e. The summed E-state index contributed by atoms with van der Waals surface area (Å²) in [5.74, 6) is -1.18. The van der Waals surface area contributed by atoms with E-state index in [2.05, 4.69) is 5.32 Å². The summed E-state index contributed by atoms with van der Waals surface area (Å²) in [5.41, 5.74) is -1.20. The summed E-state index contributed by atoms with van der Waals surface area (Å²) in [5, 5.41) is 24.6. The van der Waals surface area contributed by atoms with Crippen molar-refractivity contribution in [3.63, 3.8) is 0 Å². The van der Waals surface area contributed by atoms with Gasteiger partial charge >= 0.3 is 12.1 Å². The van der Waals surface area contributed by atoms with Crippen LogP contribution in [0.3, 0.4) is 0 Å². The normalized spacial score (nSPS) is 32.5. The van der Waals surface area contributed by atoms with Crippen molar-refractivity contribution < 1.29 is 48.3 Å². The Morgan fingerprint density at radius 3 is 2.63 bits per heavy atom. The number of epoxide rings is 1. The molecule has 3 N–H and O–H groups in total. The maximum absolute atomic E-state index is 13.8. The lowest BCUT2D eigenvalue weighted by molar-refractivity contribution is -0.161. The van der Waals surface area contributed by atoms with Gasteiger partial charge in [-0.25, -0.2) is 9.59 Å². The van der Waals surface area contributed by atoms with Gasteiger partial charge in [0.25, 0.3) is 0 Å². The minimum absolute atomic E-state index is 0.0771. The summed E-state index contributed by atoms with van der Waals surface area (Å²) in [6, 6.07) is 2.56. The van der Waals surface area contributed by atoms with Crippen LogP contribution in [0.5, 0.6) is 5.75 Å². The third kappa shape index (κ3) is 7.49. The number of aliphatic hydroxyl groups is 2. The van der Waals surface area contributed by atoms with Gasteiger partial charge in [-0.3, -0.25) is 14.9 Å². The molecule has 4 bridgehead atoms. The Hall–Kier alpha value is -3.65. The van der Waals surface area contributed by atoms with E-state index in [1.54, 1.807) is 38.3 Å². The number of ether oxygens (including phenoxy) is 4. The second kappa shape index (κ2) is 13.6. The first-order valence-electron chi connectivity index (χ1n) is 15.0. The zero-order valence-corrected chi connectivity index (χ0v) is 27.8. The molecule has 1 aromatic carbocycles. The molecule has 0 saturated carbocycles. The van der Waals surface area contributed by atoms with E-state index in [-0.39, 0.29) is 30.2 Å². The zero-order valence-electron chi connectivity index (χ0n) is 27.0. The number of hydrogen-bond acceptors (Lipinski definition) is 10. The third-order valence-corrected chi connectivity index (χ3v) is 9.32. The van der Waals surface area contributed by atoms with Crippen LogP contribution in [-0.2, 0) is 35.0 Å². The molecule has 3 heterocycles. The van der Waals surface area contributed by atoms with E-state index in [1.165, 1.54) is 43.9 Å². The summed E-state index contributed by atoms with van der Waals surface area (Å²) < 4.78 is 22.8. The number of aliphatic hydroxyl groups excluding tert-OH is 1. The number of hydrogen-bond donors (Lipinski definition) is 3. The van der Waals surface area contributed by atoms with Crippen LogP contribution in [0, 0.1) is 0 Å². The number of fused-ring (bicyclic) bond motifs is 5. The highest BCUT2D eigenvalue weighted by atomic mass is 35.5. The molecular formula is C32H42ClN3O10. The van der Waals surface area contributed by atoms with Crippen LogP contribution in [0.2, 0.25) is 5.02 Å². The highest BCUT2D eigenvalue weighted by Crippen LogP contribution is 2.46. The minimum atomic E-state index is -2.03. The largest absolute Gasteiger partial charge is 0.495 e. The number of anilines is 1. The van der Waals surface area contributed by atoms with Gasteiger partial charge in [0.1, 0.15) is 40.7 Å². The van der Waals surface area contributed by atoms with Gasteiger partial charge in [0.05, 0.1) is 25.3 Å². The van der Waals surface area contributed by atoms with E-state index in [1.807, 2.05) is 6.92 Å². The summed E-state index contributed by atoms with van der Waals surface area (Å²) in [6.07, 6.45) is -0.320. The lowest BCUT2D eigenvalue weighted by atomic mass is 9.90. The van der Waals surface area contributed by atoms with Crippen molar-refractivity contribution in [3.8, 4) is 5.75 Å². The monoisotopic (exact) mass is 663 g/mol. The smallest absolute Gasteiger partial charge is 0.409 e. The van der Waals surface area contributed by atoms with Gasteiger partial charge in [-0.05, 0) is 44.9 Å². The van der Waals surface area contributed by atoms with Crippen LogP contribution in [0.15, 0.2) is 35.9 Å². The number of nitrogens with one attached hydrogen (secondary N) is 1. The fourth-order valence-electron chi connectivity index (χ4n) is 5.66. The van der Waals surface area contributed by atoms with Crippen LogP contribution in [0.25, 0.3) is 0 Å². The first-order chi connectivity index (χ1) is 21.5. The quantitative estimate of drug-likeness (QED) is 0.322. The van der Waals surface area contributed by atoms with Gasteiger partial charge in [-0.2, -0.15) is 0 Å². The Bertz CT molecular complexity index is 1450. The molecule has 0 aromatic heterocycles. The maximum atomic E-state index is 13.8. The van der Waals surface area contributed by atoms with Crippen molar-refractivity contribution in [2.24, 2.45) is 0 Å². The van der Waals surface area contributed by atoms with Crippen molar-refractivity contribution >= 4 is 41.2 Å². The molecule has 252 valence electrons. The van der Waals surface area contributed by atoms with Gasteiger partial charge in [0, 0.05) is 33.9 Å². The van der Waals surface area contributed by atoms with Crippen LogP contribution in [0.4, 0.5) is 10.5 Å². The number of carbonyl (C=O) groups is 4. The molecule has 2 fully saturated rings. The number of benzene rings is 1. The Kier molecular flexibility index (Phi) is 10.4. The van der Waals surface area contributed by atoms with Crippen molar-refractivity contribution in [1.29, 1.82) is 0 Å². The molecule has 2 saturated heterocycles. The van der Waals surface area contributed by atoms with E-state index < -0.39 is 59.8 Å². The molecule has 14 heteroatoms. The highest BCUT2D eigenvalue weighted by Gasteiger charge is 2.61. The number of esters is 1. The molecule has 0 radical (unpaired) electrons. The topological polar surface area (TPSA) is 167 Å². The van der Waals surface area contributed by atoms with Crippen molar-refractivity contribution in [2.75, 3.05) is 26.1 Å². The number of nitrogens with zero attached hydrogens (tertiary/aromatic N) is 2. The van der Waals surface area contributed by atoms with E-state index in [0.29, 0.717) is 17.9 Å². The minimum Gasteiger partial charge on any atom is -0.495 e. The summed E-state index contributed by atoms with van der Waals surface area (Å²) in [7, 11) is 4.48. The average molecular weight is 664 g/mol. The summed E-state index contributed by atoms with van der Waals surface area (Å²) >= 11 is 6.66. The molecule has 46 heavy (non-hydrogen) atoms. The second-order valence-electron chi connectivity index (χ2n) is 12.3. The first-order valence-corrected chi connectivity index (χ1v) is 15.3. The highest BCUT2D eigenvalue weighted by molar-refractivity contribution is 6.35. The Morgan fingerprint density at radius 1 is 1.28 bits per heavy atom. The SMILES string of the molecule is COc1cc2cc(c1Cl)N(C)C(=O)C[C@H](OC(=O)[C@H](C)N(C)C(C)=O)[C@]1(C)O[C@H]1C[C@@H]1C[C@@](O)(NC(=O)O1)[C@H](O)/C=C/C=C(\C)C2. The predicted molar refractivity (Wildman–Crippen MR) is 167 cm³/mol. The van der Waals surface area contributed by atoms with Gasteiger partial charge in [-0.15, -0.1) is 0 Å². The zero-order chi connectivity index (χ0) is 34.1. The molecular weight excluding hydrogens is 622 g/mol. The van der Waals surface area contributed by atoms with E-state index in [4.69, 9.17) is 30.5 Å². The number of allylic oxidation sites excluding steroid dienone is 3. The molecule has 4 rings (SSSR count). The molecule has 3 aliphatic heterocycles. The lowest BCUT2D eigenvalue weighted by Crippen LogP contribution is -2.62. The molecule has 3 aliphatic rings. The van der Waals surface area contributed by atoms with Gasteiger partial charge in [-0.1, -0.05) is 35.4 Å². The second-order valence-corrected chi connectivity index (χ2v) is 12.7. The van der Waals surface area contributed by atoms with Crippen LogP contribution < -0.4 is 15.0 Å². The summed E-state index contributed by atoms with van der Waals surface area (Å²) in [6.45, 7) is 6.37. The van der Waals surface area contributed by atoms with Gasteiger partial charge < -0.3 is 39.0 Å². The number of amides is 3. The fourth-order valence-corrected chi connectivity index (χ4v) is 5.97. The van der Waals surface area contributed by atoms with Crippen molar-refractivity contribution in [1.82, 2.24) is 10.2 Å². The Labute approximate surface area is 273 Å². The molecule has 7 atom stereocenters. The van der Waals surface area contributed by atoms with Crippen molar-refractivity contribution in [3.05, 3.63) is 46.5 Å². The molecule has 0 spiro atoms. The Morgan fingerprint density at radius 2 is 1.98 bits per heavy atom. The average Bonchev–Trinajstić information content (AvgIpc) is 3.64. The molecule has 13 nitrogen and oxygen atoms in total. The van der Waals surface area contributed by atoms with Crippen LogP contribution in [-0.4, -0.2) is 102 Å². The van der Waals surface area contributed by atoms with Gasteiger partial charge in [0.15, 0.2) is 5.72 Å². The van der Waals surface area contributed by atoms with E-state index >= 15 is 0 Å². The molecule has 0 unspecified atom stereocenters. The van der Waals surface area contributed by atoms with Gasteiger partial charge in [0.2, 0.25) is 11.8 Å². The third-order valence-electron chi connectivity index (χ3n) is 8.94. The van der Waals surface area contributed by atoms with E-state index in [0.717, 1.165) is 11.1 Å². The number of rotatable bonds is 4. The number of halogens is 1. The lowest BCUT2D eigenvalue weighted by Gasteiger charge is -2.39. The van der Waals surface area contributed by atoms with E-state index in [9.17, 15) is 29.4 Å². The van der Waals surface area contributed by atoms with Crippen LogP contribution in [0.1, 0.15) is 52.5 Å². The van der Waals surface area contributed by atoms with Crippen molar-refractivity contribution in [2.45, 2.75) is 95.2 Å². The standard InChI is InChI=1S/C32H42ClN3O10/c1-17-9-8-10-24(38)32(42)16-21(44-30(41)34-32)14-26-31(4,46-26)25(45-29(40)18(2)35(5)19(3)37)15-27(39)36(6)22-12-20(11-17)13-23(43-7)28(22)33/h8-10,12-13,18,21,24-26,38,42H,11,14-16H2,1-7H3,(H,34,41)/b10-8+,17-9+/t18-,21+,24+,25-,26-,31-,32-/m0/s1. The summed E-state index contributed by atoms with van der Waals surface area (Å²) in [4.78, 5) is 54.0. The fraction of sp³-hybridized carbons (Fsp3) is 0.562. The molecule has 3 amide bonds. The Balaban J connectivity index is 1.75. The first kappa shape index (κ1) is 35.2. The predicted octanol–water partition coefficient (Wildman–Crippen LogP) is 2.63. The molecule has 1 aromatic rings.